The van der Waals surface area contributed by atoms with E-state index in [4.69, 9.17) is 4.74 Å². The van der Waals surface area contributed by atoms with Gasteiger partial charge in [-0.3, -0.25) is 4.79 Å². The number of nitrogens with one attached hydrogen (secondary N) is 1. The molecule has 2 aliphatic rings. The minimum atomic E-state index is -0.192. The Labute approximate surface area is 111 Å². The van der Waals surface area contributed by atoms with Gasteiger partial charge in [0.05, 0.1) is 12.0 Å². The smallest absolute Gasteiger partial charge is 0.228 e. The Morgan fingerprint density at radius 1 is 1.28 bits per heavy atom. The van der Waals surface area contributed by atoms with Crippen LogP contribution in [0.5, 0.6) is 0 Å². The first-order valence-corrected chi connectivity index (χ1v) is 7.54. The van der Waals surface area contributed by atoms with Crippen LogP contribution in [0, 0.1) is 11.3 Å². The van der Waals surface area contributed by atoms with Crippen LogP contribution in [0.3, 0.4) is 0 Å². The monoisotopic (exact) mass is 253 g/mol. The van der Waals surface area contributed by atoms with Crippen LogP contribution >= 0.6 is 0 Å². The van der Waals surface area contributed by atoms with Crippen molar-refractivity contribution in [3.63, 3.8) is 0 Å². The van der Waals surface area contributed by atoms with Gasteiger partial charge in [0.1, 0.15) is 0 Å². The number of carbonyl (C=O) groups is 1. The highest BCUT2D eigenvalue weighted by Crippen LogP contribution is 2.41. The maximum atomic E-state index is 12.1. The number of carbonyl (C=O) groups excluding carboxylic acids is 1. The largest absolute Gasteiger partial charge is 0.384 e. The lowest BCUT2D eigenvalue weighted by atomic mass is 9.68. The molecule has 2 aliphatic carbocycles. The highest BCUT2D eigenvalue weighted by atomic mass is 16.5. The average Bonchev–Trinajstić information content (AvgIpc) is 2.82. The fraction of sp³-hybridized carbons (Fsp3) is 0.933. The van der Waals surface area contributed by atoms with Crippen LogP contribution in [0.1, 0.15) is 57.8 Å². The number of ether oxygens (including phenoxy) is 1. The maximum Gasteiger partial charge on any atom is 0.228 e. The van der Waals surface area contributed by atoms with Crippen molar-refractivity contribution in [1.82, 2.24) is 5.32 Å². The van der Waals surface area contributed by atoms with Gasteiger partial charge >= 0.3 is 0 Å². The Kier molecular flexibility index (Phi) is 5.04. The van der Waals surface area contributed by atoms with E-state index >= 15 is 0 Å². The molecule has 1 amide bonds. The van der Waals surface area contributed by atoms with E-state index in [9.17, 15) is 4.79 Å². The van der Waals surface area contributed by atoms with Crippen molar-refractivity contribution < 1.29 is 9.53 Å². The zero-order valence-electron chi connectivity index (χ0n) is 11.7. The van der Waals surface area contributed by atoms with Gasteiger partial charge in [-0.2, -0.15) is 0 Å². The number of hydrogen-bond acceptors (Lipinski definition) is 2. The molecule has 0 heterocycles. The summed E-state index contributed by atoms with van der Waals surface area (Å²) >= 11 is 0. The lowest BCUT2D eigenvalue weighted by Gasteiger charge is -2.39. The van der Waals surface area contributed by atoms with Crippen molar-refractivity contribution in [3.8, 4) is 0 Å². The van der Waals surface area contributed by atoms with Gasteiger partial charge in [0.15, 0.2) is 0 Å². The topological polar surface area (TPSA) is 38.3 Å². The van der Waals surface area contributed by atoms with Crippen LogP contribution in [-0.4, -0.2) is 26.2 Å². The van der Waals surface area contributed by atoms with E-state index in [-0.39, 0.29) is 11.3 Å². The third-order valence-corrected chi connectivity index (χ3v) is 4.76. The molecule has 0 aromatic rings. The molecule has 0 bridgehead atoms. The van der Waals surface area contributed by atoms with Crippen LogP contribution in [0.15, 0.2) is 0 Å². The quantitative estimate of drug-likeness (QED) is 0.708. The summed E-state index contributed by atoms with van der Waals surface area (Å²) in [6, 6.07) is 0. The first-order valence-electron chi connectivity index (χ1n) is 7.54. The molecule has 0 aromatic heterocycles. The molecule has 1 N–H and O–H groups in total. The van der Waals surface area contributed by atoms with E-state index in [2.05, 4.69) is 5.32 Å². The zero-order chi connectivity index (χ0) is 12.8. The molecular formula is C15H27NO2. The van der Waals surface area contributed by atoms with E-state index in [1.54, 1.807) is 7.11 Å². The Bertz CT molecular complexity index is 268. The van der Waals surface area contributed by atoms with Gasteiger partial charge in [0.25, 0.3) is 0 Å². The van der Waals surface area contributed by atoms with Crippen molar-refractivity contribution in [2.45, 2.75) is 57.8 Å². The van der Waals surface area contributed by atoms with Gasteiger partial charge in [-0.15, -0.1) is 0 Å². The molecule has 0 atom stereocenters. The van der Waals surface area contributed by atoms with Gasteiger partial charge < -0.3 is 10.1 Å². The van der Waals surface area contributed by atoms with Crippen LogP contribution in [0.4, 0.5) is 0 Å². The fourth-order valence-electron chi connectivity index (χ4n) is 3.40. The summed E-state index contributed by atoms with van der Waals surface area (Å²) in [6.07, 6.45) is 11.2. The Hall–Kier alpha value is -0.570. The summed E-state index contributed by atoms with van der Waals surface area (Å²) in [5.41, 5.74) is -0.192. The number of amides is 1. The molecule has 0 aromatic carbocycles. The second-order valence-electron chi connectivity index (χ2n) is 6.12. The first-order chi connectivity index (χ1) is 8.77. The van der Waals surface area contributed by atoms with Crippen molar-refractivity contribution in [1.29, 1.82) is 0 Å². The normalized spacial score (nSPS) is 22.7. The van der Waals surface area contributed by atoms with E-state index in [0.717, 1.165) is 31.7 Å². The van der Waals surface area contributed by atoms with Gasteiger partial charge in [0, 0.05) is 13.7 Å². The number of hydrogen-bond donors (Lipinski definition) is 1. The van der Waals surface area contributed by atoms with Crippen molar-refractivity contribution >= 4 is 5.91 Å². The highest BCUT2D eigenvalue weighted by molar-refractivity contribution is 5.83. The molecule has 104 valence electrons. The summed E-state index contributed by atoms with van der Waals surface area (Å²) in [4.78, 5) is 12.1. The summed E-state index contributed by atoms with van der Waals surface area (Å²) in [7, 11) is 1.69. The number of rotatable bonds is 7. The van der Waals surface area contributed by atoms with Crippen molar-refractivity contribution in [2.75, 3.05) is 20.3 Å². The third-order valence-electron chi connectivity index (χ3n) is 4.76. The molecule has 3 heteroatoms. The van der Waals surface area contributed by atoms with Crippen LogP contribution < -0.4 is 5.32 Å². The zero-order valence-corrected chi connectivity index (χ0v) is 11.7. The minimum absolute atomic E-state index is 0.192. The summed E-state index contributed by atoms with van der Waals surface area (Å²) in [5.74, 6) is 1.15. The van der Waals surface area contributed by atoms with Crippen molar-refractivity contribution in [3.05, 3.63) is 0 Å². The van der Waals surface area contributed by atoms with Gasteiger partial charge in [-0.05, 0) is 31.6 Å². The van der Waals surface area contributed by atoms with Gasteiger partial charge in [-0.1, -0.05) is 32.1 Å². The van der Waals surface area contributed by atoms with Gasteiger partial charge in [0.2, 0.25) is 5.91 Å². The van der Waals surface area contributed by atoms with Crippen LogP contribution in [0.2, 0.25) is 0 Å². The SMILES string of the molecule is COCC1(C(=O)NCCCC2CCCC2)CCC1. The standard InChI is InChI=1S/C15H27NO2/c1-18-12-15(9-5-10-15)14(17)16-11-4-8-13-6-2-3-7-13/h13H,2-12H2,1H3,(H,16,17). The Balaban J connectivity index is 1.61. The molecule has 2 rings (SSSR count). The predicted octanol–water partition coefficient (Wildman–Crippen LogP) is 2.89. The average molecular weight is 253 g/mol. The molecule has 18 heavy (non-hydrogen) atoms. The second kappa shape index (κ2) is 6.55. The summed E-state index contributed by atoms with van der Waals surface area (Å²) in [6.45, 7) is 1.43. The third kappa shape index (κ3) is 3.25. The van der Waals surface area contributed by atoms with E-state index < -0.39 is 0 Å². The van der Waals surface area contributed by atoms with Crippen molar-refractivity contribution in [2.24, 2.45) is 11.3 Å². The van der Waals surface area contributed by atoms with E-state index in [1.807, 2.05) is 0 Å². The Morgan fingerprint density at radius 3 is 2.56 bits per heavy atom. The summed E-state index contributed by atoms with van der Waals surface area (Å²) < 4.78 is 5.20. The second-order valence-corrected chi connectivity index (χ2v) is 6.12. The molecule has 0 spiro atoms. The molecule has 3 nitrogen and oxygen atoms in total. The van der Waals surface area contributed by atoms with Gasteiger partial charge in [-0.25, -0.2) is 0 Å². The first kappa shape index (κ1) is 13.9. The molecule has 0 radical (unpaired) electrons. The lowest BCUT2D eigenvalue weighted by Crippen LogP contribution is -2.48. The highest BCUT2D eigenvalue weighted by Gasteiger charge is 2.43. The molecule has 2 saturated carbocycles. The Morgan fingerprint density at radius 2 is 2.00 bits per heavy atom. The lowest BCUT2D eigenvalue weighted by molar-refractivity contribution is -0.140. The predicted molar refractivity (Wildman–Crippen MR) is 72.4 cm³/mol. The minimum Gasteiger partial charge on any atom is -0.384 e. The number of methoxy groups -OCH3 is 1. The van der Waals surface area contributed by atoms with Crippen LogP contribution in [-0.2, 0) is 9.53 Å². The molecule has 2 fully saturated rings. The van der Waals surface area contributed by atoms with E-state index in [1.165, 1.54) is 38.5 Å². The molecule has 0 aliphatic heterocycles. The van der Waals surface area contributed by atoms with E-state index in [0.29, 0.717) is 6.61 Å². The molecule has 0 saturated heterocycles. The molecule has 0 unspecified atom stereocenters. The van der Waals surface area contributed by atoms with Crippen LogP contribution in [0.25, 0.3) is 0 Å². The maximum absolute atomic E-state index is 12.1. The molecular weight excluding hydrogens is 226 g/mol. The fourth-order valence-corrected chi connectivity index (χ4v) is 3.40. The summed E-state index contributed by atoms with van der Waals surface area (Å²) in [5, 5.41) is 3.12.